The largest absolute Gasteiger partial charge is 0.338 e. The number of benzene rings is 1. The van der Waals surface area contributed by atoms with E-state index in [-0.39, 0.29) is 0 Å². The average molecular weight is 418 g/mol. The van der Waals surface area contributed by atoms with Crippen LogP contribution in [0.5, 0.6) is 0 Å². The Balaban J connectivity index is 2.09. The third-order valence-corrected chi connectivity index (χ3v) is 5.14. The molecule has 0 radical (unpaired) electrons. The number of hydrogen-bond acceptors (Lipinski definition) is 2. The van der Waals surface area contributed by atoms with Gasteiger partial charge in [-0.2, -0.15) is 0 Å². The average Bonchev–Trinajstić information content (AvgIpc) is 2.88. The summed E-state index contributed by atoms with van der Waals surface area (Å²) in [5.41, 5.74) is 1.25. The molecule has 1 aromatic heterocycles. The predicted octanol–water partition coefficient (Wildman–Crippen LogP) is 4.35. The zero-order valence-electron chi connectivity index (χ0n) is 12.4. The Kier molecular flexibility index (Phi) is 6.51. The molecule has 0 spiro atoms. The first-order valence-electron chi connectivity index (χ1n) is 7.26. The van der Waals surface area contributed by atoms with Crippen LogP contribution in [0.25, 0.3) is 0 Å². The zero-order chi connectivity index (χ0) is 15.2. The van der Waals surface area contributed by atoms with Crippen LogP contribution in [-0.4, -0.2) is 16.1 Å². The number of aryl methyl sites for hydroxylation is 2. The smallest absolute Gasteiger partial charge is 0.108 e. The minimum atomic E-state index is 0.316. The van der Waals surface area contributed by atoms with Gasteiger partial charge in [0.05, 0.1) is 5.02 Å². The molecule has 1 unspecified atom stereocenters. The summed E-state index contributed by atoms with van der Waals surface area (Å²) in [6.07, 6.45) is 6.93. The molecule has 0 fully saturated rings. The van der Waals surface area contributed by atoms with E-state index in [1.54, 1.807) is 0 Å². The lowest BCUT2D eigenvalue weighted by molar-refractivity contribution is 0.491. The van der Waals surface area contributed by atoms with E-state index < -0.39 is 0 Å². The van der Waals surface area contributed by atoms with Crippen LogP contribution in [-0.2, 0) is 13.5 Å². The Labute approximate surface area is 145 Å². The van der Waals surface area contributed by atoms with Crippen LogP contribution < -0.4 is 5.32 Å². The van der Waals surface area contributed by atoms with Gasteiger partial charge in [0.15, 0.2) is 0 Å². The monoisotopic (exact) mass is 417 g/mol. The highest BCUT2D eigenvalue weighted by Gasteiger charge is 2.13. The number of imidazole rings is 1. The first-order chi connectivity index (χ1) is 10.1. The molecule has 2 rings (SSSR count). The Morgan fingerprint density at radius 3 is 2.86 bits per heavy atom. The number of nitrogens with zero attached hydrogens (tertiary/aromatic N) is 2. The summed E-state index contributed by atoms with van der Waals surface area (Å²) in [4.78, 5) is 4.40. The highest BCUT2D eigenvalue weighted by atomic mass is 127. The molecule has 1 heterocycles. The van der Waals surface area contributed by atoms with Gasteiger partial charge in [0.2, 0.25) is 0 Å². The van der Waals surface area contributed by atoms with Gasteiger partial charge in [0.25, 0.3) is 0 Å². The Morgan fingerprint density at radius 2 is 2.24 bits per heavy atom. The second kappa shape index (κ2) is 8.15. The molecule has 1 aromatic carbocycles. The summed E-state index contributed by atoms with van der Waals surface area (Å²) in [5, 5.41) is 4.44. The maximum absolute atomic E-state index is 6.27. The van der Waals surface area contributed by atoms with Crippen molar-refractivity contribution >= 4 is 34.2 Å². The van der Waals surface area contributed by atoms with Crippen LogP contribution >= 0.6 is 34.2 Å². The van der Waals surface area contributed by atoms with Crippen molar-refractivity contribution in [3.63, 3.8) is 0 Å². The highest BCUT2D eigenvalue weighted by Crippen LogP contribution is 2.25. The molecule has 0 saturated heterocycles. The van der Waals surface area contributed by atoms with E-state index in [4.69, 9.17) is 11.6 Å². The molecule has 3 nitrogen and oxygen atoms in total. The molecule has 0 aliphatic heterocycles. The lowest BCUT2D eigenvalue weighted by atomic mass is 10.0. The second-order valence-electron chi connectivity index (χ2n) is 5.17. The van der Waals surface area contributed by atoms with E-state index in [9.17, 15) is 0 Å². The molecule has 0 saturated carbocycles. The minimum absolute atomic E-state index is 0.316. The summed E-state index contributed by atoms with van der Waals surface area (Å²) < 4.78 is 3.17. The maximum Gasteiger partial charge on any atom is 0.108 e. The molecule has 0 aliphatic carbocycles. The molecule has 21 heavy (non-hydrogen) atoms. The van der Waals surface area contributed by atoms with Crippen LogP contribution in [0.4, 0.5) is 0 Å². The molecule has 1 atom stereocenters. The van der Waals surface area contributed by atoms with Crippen LogP contribution in [0.15, 0.2) is 30.6 Å². The fraction of sp³-hybridized carbons (Fsp3) is 0.438. The van der Waals surface area contributed by atoms with E-state index in [0.717, 1.165) is 40.2 Å². The summed E-state index contributed by atoms with van der Waals surface area (Å²) in [6, 6.07) is 6.64. The van der Waals surface area contributed by atoms with Gasteiger partial charge in [-0.3, -0.25) is 0 Å². The van der Waals surface area contributed by atoms with Crippen LogP contribution in [0.3, 0.4) is 0 Å². The van der Waals surface area contributed by atoms with Crippen molar-refractivity contribution in [3.8, 4) is 0 Å². The van der Waals surface area contributed by atoms with Gasteiger partial charge in [0.1, 0.15) is 5.82 Å². The van der Waals surface area contributed by atoms with E-state index in [1.807, 2.05) is 19.4 Å². The number of hydrogen-bond donors (Lipinski definition) is 1. The zero-order valence-corrected chi connectivity index (χ0v) is 15.4. The van der Waals surface area contributed by atoms with E-state index in [2.05, 4.69) is 62.6 Å². The molecule has 5 heteroatoms. The summed E-state index contributed by atoms with van der Waals surface area (Å²) in [7, 11) is 2.04. The number of aromatic nitrogens is 2. The normalized spacial score (nSPS) is 12.6. The molecular weight excluding hydrogens is 397 g/mol. The molecular formula is C16H21ClIN3. The third-order valence-electron chi connectivity index (χ3n) is 3.56. The van der Waals surface area contributed by atoms with Gasteiger partial charge in [-0.25, -0.2) is 4.98 Å². The Morgan fingerprint density at radius 1 is 1.43 bits per heavy atom. The lowest BCUT2D eigenvalue weighted by Gasteiger charge is -2.19. The van der Waals surface area contributed by atoms with Crippen molar-refractivity contribution < 1.29 is 0 Å². The van der Waals surface area contributed by atoms with Crippen molar-refractivity contribution in [2.24, 2.45) is 7.05 Å². The van der Waals surface area contributed by atoms with Gasteiger partial charge in [0, 0.05) is 35.5 Å². The van der Waals surface area contributed by atoms with Gasteiger partial charge in [-0.15, -0.1) is 0 Å². The molecule has 2 aromatic rings. The summed E-state index contributed by atoms with van der Waals surface area (Å²) in [5.74, 6) is 1.12. The van der Waals surface area contributed by atoms with Gasteiger partial charge in [-0.05, 0) is 59.7 Å². The maximum atomic E-state index is 6.27. The van der Waals surface area contributed by atoms with Crippen LogP contribution in [0.1, 0.15) is 37.2 Å². The van der Waals surface area contributed by atoms with Gasteiger partial charge < -0.3 is 9.88 Å². The first-order valence-corrected chi connectivity index (χ1v) is 8.72. The Hall–Kier alpha value is -0.590. The second-order valence-corrected chi connectivity index (χ2v) is 6.74. The molecule has 0 amide bonds. The van der Waals surface area contributed by atoms with Crippen LogP contribution in [0, 0.1) is 3.57 Å². The predicted molar refractivity (Wildman–Crippen MR) is 96.7 cm³/mol. The van der Waals surface area contributed by atoms with Gasteiger partial charge >= 0.3 is 0 Å². The van der Waals surface area contributed by atoms with E-state index in [0.29, 0.717) is 6.04 Å². The number of halogens is 2. The summed E-state index contributed by atoms with van der Waals surface area (Å²) >= 11 is 8.53. The van der Waals surface area contributed by atoms with Crippen molar-refractivity contribution in [1.29, 1.82) is 0 Å². The first kappa shape index (κ1) is 16.8. The number of nitrogens with one attached hydrogen (secondary N) is 1. The molecule has 1 N–H and O–H groups in total. The highest BCUT2D eigenvalue weighted by molar-refractivity contribution is 14.1. The Bertz CT molecular complexity index is 583. The molecule has 0 bridgehead atoms. The standard InChI is InChI=1S/C16H21ClIN3/c1-3-8-19-15(6-7-16-20-9-10-21(16)2)12-4-5-14(18)13(17)11-12/h4-5,9-11,15,19H,3,6-8H2,1-2H3. The molecule has 114 valence electrons. The fourth-order valence-corrected chi connectivity index (χ4v) is 2.87. The van der Waals surface area contributed by atoms with Gasteiger partial charge in [-0.1, -0.05) is 24.6 Å². The SMILES string of the molecule is CCCNC(CCc1nccn1C)c1ccc(I)c(Cl)c1. The lowest BCUT2D eigenvalue weighted by Crippen LogP contribution is -2.23. The van der Waals surface area contributed by atoms with Crippen molar-refractivity contribution in [2.45, 2.75) is 32.2 Å². The van der Waals surface area contributed by atoms with Crippen molar-refractivity contribution in [3.05, 3.63) is 50.6 Å². The van der Waals surface area contributed by atoms with Crippen molar-refractivity contribution in [2.75, 3.05) is 6.54 Å². The van der Waals surface area contributed by atoms with Crippen molar-refractivity contribution in [1.82, 2.24) is 14.9 Å². The van der Waals surface area contributed by atoms with E-state index >= 15 is 0 Å². The number of rotatable bonds is 7. The summed E-state index contributed by atoms with van der Waals surface area (Å²) in [6.45, 7) is 3.19. The fourth-order valence-electron chi connectivity index (χ4n) is 2.35. The topological polar surface area (TPSA) is 29.9 Å². The minimum Gasteiger partial charge on any atom is -0.338 e. The molecule has 0 aliphatic rings. The quantitative estimate of drug-likeness (QED) is 0.679. The van der Waals surface area contributed by atoms with E-state index in [1.165, 1.54) is 5.56 Å². The third kappa shape index (κ3) is 4.69. The van der Waals surface area contributed by atoms with Crippen LogP contribution in [0.2, 0.25) is 5.02 Å².